The number of ether oxygens (including phenoxy) is 2. The highest BCUT2D eigenvalue weighted by Gasteiger charge is 2.12. The molecule has 0 aromatic carbocycles. The van der Waals surface area contributed by atoms with Crippen molar-refractivity contribution in [1.29, 1.82) is 0 Å². The van der Waals surface area contributed by atoms with Crippen molar-refractivity contribution in [3.8, 4) is 0 Å². The van der Waals surface area contributed by atoms with E-state index in [1.165, 1.54) is 19.3 Å². The Morgan fingerprint density at radius 1 is 1.12 bits per heavy atom. The first-order valence-corrected chi connectivity index (χ1v) is 6.74. The number of hydrogen-bond acceptors (Lipinski definition) is 3. The third kappa shape index (κ3) is 6.46. The van der Waals surface area contributed by atoms with Gasteiger partial charge in [0.15, 0.2) is 6.29 Å². The topological polar surface area (TPSA) is 38.7 Å². The molecule has 1 aliphatic heterocycles. The van der Waals surface area contributed by atoms with Gasteiger partial charge in [0.1, 0.15) is 0 Å². The number of aliphatic hydroxyl groups excluding tert-OH is 1. The van der Waals surface area contributed by atoms with Crippen LogP contribution in [-0.4, -0.2) is 30.7 Å². The van der Waals surface area contributed by atoms with Crippen molar-refractivity contribution in [3.05, 3.63) is 0 Å². The minimum absolute atomic E-state index is 0.0509. The van der Waals surface area contributed by atoms with E-state index >= 15 is 0 Å². The van der Waals surface area contributed by atoms with Crippen molar-refractivity contribution in [1.82, 2.24) is 0 Å². The van der Waals surface area contributed by atoms with Crippen LogP contribution in [-0.2, 0) is 9.47 Å². The van der Waals surface area contributed by atoms with Crippen LogP contribution < -0.4 is 0 Å². The maximum atomic E-state index is 9.38. The first kappa shape index (κ1) is 13.9. The largest absolute Gasteiger partial charge is 0.393 e. The molecule has 1 aliphatic rings. The summed E-state index contributed by atoms with van der Waals surface area (Å²) in [6.45, 7) is 3.74. The molecular weight excluding hydrogens is 204 g/mol. The number of aliphatic hydroxyl groups is 1. The predicted octanol–water partition coefficient (Wildman–Crippen LogP) is 2.86. The number of hydrogen-bond donors (Lipinski definition) is 1. The van der Waals surface area contributed by atoms with E-state index in [-0.39, 0.29) is 12.4 Å². The lowest BCUT2D eigenvalue weighted by Gasteiger charge is -2.22. The van der Waals surface area contributed by atoms with Gasteiger partial charge in [0.05, 0.1) is 19.3 Å². The van der Waals surface area contributed by atoms with Crippen LogP contribution in [0.25, 0.3) is 0 Å². The molecular formula is C13H26O3. The van der Waals surface area contributed by atoms with Gasteiger partial charge in [-0.15, -0.1) is 0 Å². The summed E-state index contributed by atoms with van der Waals surface area (Å²) in [5.41, 5.74) is 0. The maximum absolute atomic E-state index is 9.38. The van der Waals surface area contributed by atoms with Crippen LogP contribution in [0.15, 0.2) is 0 Å². The standard InChI is InChI=1S/C13H26O3/c1-2-12(14)8-5-3-4-6-9-13-15-10-7-11-16-13/h12-14H,2-11H2,1H3. The molecule has 0 aromatic heterocycles. The average Bonchev–Trinajstić information content (AvgIpc) is 2.34. The molecule has 96 valence electrons. The number of unbranched alkanes of at least 4 members (excludes halogenated alkanes) is 3. The minimum Gasteiger partial charge on any atom is -0.393 e. The first-order chi connectivity index (χ1) is 7.83. The molecule has 1 unspecified atom stereocenters. The van der Waals surface area contributed by atoms with Crippen LogP contribution in [0, 0.1) is 0 Å². The summed E-state index contributed by atoms with van der Waals surface area (Å²) < 4.78 is 11.0. The van der Waals surface area contributed by atoms with E-state index in [9.17, 15) is 5.11 Å². The Labute approximate surface area is 99.1 Å². The summed E-state index contributed by atoms with van der Waals surface area (Å²) in [5.74, 6) is 0. The van der Waals surface area contributed by atoms with Gasteiger partial charge in [-0.25, -0.2) is 0 Å². The Bertz CT molecular complexity index is 155. The number of rotatable bonds is 8. The smallest absolute Gasteiger partial charge is 0.157 e. The molecule has 0 aliphatic carbocycles. The highest BCUT2D eigenvalue weighted by molar-refractivity contribution is 4.55. The van der Waals surface area contributed by atoms with Crippen molar-refractivity contribution < 1.29 is 14.6 Å². The monoisotopic (exact) mass is 230 g/mol. The third-order valence-electron chi connectivity index (χ3n) is 3.09. The van der Waals surface area contributed by atoms with Crippen LogP contribution in [0.2, 0.25) is 0 Å². The van der Waals surface area contributed by atoms with Crippen molar-refractivity contribution in [2.75, 3.05) is 13.2 Å². The quantitative estimate of drug-likeness (QED) is 0.652. The zero-order chi connectivity index (χ0) is 11.6. The summed E-state index contributed by atoms with van der Waals surface area (Å²) in [6.07, 6.45) is 8.59. The Morgan fingerprint density at radius 2 is 1.81 bits per heavy atom. The van der Waals surface area contributed by atoms with Crippen molar-refractivity contribution in [2.45, 2.75) is 70.7 Å². The molecule has 0 saturated carbocycles. The molecule has 16 heavy (non-hydrogen) atoms. The van der Waals surface area contributed by atoms with E-state index in [0.717, 1.165) is 45.3 Å². The molecule has 0 radical (unpaired) electrons. The fourth-order valence-corrected chi connectivity index (χ4v) is 1.95. The molecule has 0 bridgehead atoms. The molecule has 1 saturated heterocycles. The fraction of sp³-hybridized carbons (Fsp3) is 1.00. The summed E-state index contributed by atoms with van der Waals surface area (Å²) in [4.78, 5) is 0. The minimum atomic E-state index is -0.0926. The van der Waals surface area contributed by atoms with Crippen LogP contribution in [0.4, 0.5) is 0 Å². The molecule has 0 spiro atoms. The van der Waals surface area contributed by atoms with Crippen LogP contribution >= 0.6 is 0 Å². The normalized spacial score (nSPS) is 19.9. The lowest BCUT2D eigenvalue weighted by molar-refractivity contribution is -0.181. The molecule has 1 fully saturated rings. The molecule has 1 rings (SSSR count). The van der Waals surface area contributed by atoms with Gasteiger partial charge in [0.25, 0.3) is 0 Å². The van der Waals surface area contributed by atoms with E-state index in [1.54, 1.807) is 0 Å². The third-order valence-corrected chi connectivity index (χ3v) is 3.09. The van der Waals surface area contributed by atoms with Gasteiger partial charge in [-0.3, -0.25) is 0 Å². The molecule has 1 heterocycles. The Morgan fingerprint density at radius 3 is 2.50 bits per heavy atom. The SMILES string of the molecule is CCC(O)CCCCCCC1OCCCO1. The van der Waals surface area contributed by atoms with Crippen molar-refractivity contribution in [3.63, 3.8) is 0 Å². The summed E-state index contributed by atoms with van der Waals surface area (Å²) in [7, 11) is 0. The summed E-state index contributed by atoms with van der Waals surface area (Å²) in [5, 5.41) is 9.38. The Kier molecular flexibility index (Phi) is 7.81. The highest BCUT2D eigenvalue weighted by Crippen LogP contribution is 2.14. The maximum Gasteiger partial charge on any atom is 0.157 e. The molecule has 0 aromatic rings. The molecule has 1 atom stereocenters. The van der Waals surface area contributed by atoms with Crippen LogP contribution in [0.5, 0.6) is 0 Å². The summed E-state index contributed by atoms with van der Waals surface area (Å²) >= 11 is 0. The molecule has 3 nitrogen and oxygen atoms in total. The highest BCUT2D eigenvalue weighted by atomic mass is 16.7. The van der Waals surface area contributed by atoms with Gasteiger partial charge in [-0.2, -0.15) is 0 Å². The fourth-order valence-electron chi connectivity index (χ4n) is 1.95. The second kappa shape index (κ2) is 8.97. The second-order valence-electron chi connectivity index (χ2n) is 4.58. The Hall–Kier alpha value is -0.120. The van der Waals surface area contributed by atoms with E-state index in [2.05, 4.69) is 0 Å². The van der Waals surface area contributed by atoms with E-state index in [0.29, 0.717) is 0 Å². The van der Waals surface area contributed by atoms with Gasteiger partial charge in [0, 0.05) is 0 Å². The van der Waals surface area contributed by atoms with Crippen LogP contribution in [0.3, 0.4) is 0 Å². The molecule has 3 heteroatoms. The van der Waals surface area contributed by atoms with Gasteiger partial charge < -0.3 is 14.6 Å². The zero-order valence-corrected chi connectivity index (χ0v) is 10.5. The summed E-state index contributed by atoms with van der Waals surface area (Å²) in [6, 6.07) is 0. The van der Waals surface area contributed by atoms with Gasteiger partial charge >= 0.3 is 0 Å². The average molecular weight is 230 g/mol. The lowest BCUT2D eigenvalue weighted by atomic mass is 10.1. The van der Waals surface area contributed by atoms with E-state index in [1.807, 2.05) is 6.92 Å². The first-order valence-electron chi connectivity index (χ1n) is 6.74. The molecule has 1 N–H and O–H groups in total. The lowest BCUT2D eigenvalue weighted by Crippen LogP contribution is -2.24. The van der Waals surface area contributed by atoms with E-state index in [4.69, 9.17) is 9.47 Å². The van der Waals surface area contributed by atoms with Gasteiger partial charge in [0.2, 0.25) is 0 Å². The van der Waals surface area contributed by atoms with Gasteiger partial charge in [-0.1, -0.05) is 26.2 Å². The van der Waals surface area contributed by atoms with Gasteiger partial charge in [-0.05, 0) is 32.1 Å². The predicted molar refractivity (Wildman–Crippen MR) is 64.3 cm³/mol. The van der Waals surface area contributed by atoms with Crippen LogP contribution in [0.1, 0.15) is 58.3 Å². The van der Waals surface area contributed by atoms with Crippen molar-refractivity contribution >= 4 is 0 Å². The zero-order valence-electron chi connectivity index (χ0n) is 10.5. The second-order valence-corrected chi connectivity index (χ2v) is 4.58. The van der Waals surface area contributed by atoms with Crippen molar-refractivity contribution in [2.24, 2.45) is 0 Å². The van der Waals surface area contributed by atoms with E-state index < -0.39 is 0 Å². The Balaban J connectivity index is 1.84. The molecule has 0 amide bonds.